The van der Waals surface area contributed by atoms with Crippen LogP contribution in [-0.4, -0.2) is 27.5 Å². The molecule has 2 heterocycles. The van der Waals surface area contributed by atoms with Gasteiger partial charge in [0, 0.05) is 25.5 Å². The molecule has 3 heteroatoms. The summed E-state index contributed by atoms with van der Waals surface area (Å²) in [4.78, 5) is 6.70. The lowest BCUT2D eigenvalue weighted by Gasteiger charge is -2.36. The predicted molar refractivity (Wildman–Crippen MR) is 81.4 cm³/mol. The van der Waals surface area contributed by atoms with Crippen molar-refractivity contribution in [2.45, 2.75) is 32.4 Å². The summed E-state index contributed by atoms with van der Waals surface area (Å²) in [5.74, 6) is 0.837. The molecule has 1 fully saturated rings. The van der Waals surface area contributed by atoms with Crippen molar-refractivity contribution >= 4 is 0 Å². The number of benzene rings is 1. The first-order valence-corrected chi connectivity index (χ1v) is 7.58. The first kappa shape index (κ1) is 13.4. The molecule has 0 N–H and O–H groups in total. The molecule has 3 rings (SSSR count). The summed E-state index contributed by atoms with van der Waals surface area (Å²) >= 11 is 0. The van der Waals surface area contributed by atoms with Crippen LogP contribution in [0.15, 0.2) is 49.1 Å². The standard InChI is InChI=1S/C17H23N3/c1-15(20-12-9-18-14-20)19-10-7-17(8-11-19)13-16-5-3-2-4-6-16/h2-6,9,12,14-15,17H,7-8,10-11,13H2,1H3. The van der Waals surface area contributed by atoms with Crippen LogP contribution in [0, 0.1) is 5.92 Å². The average molecular weight is 269 g/mol. The van der Waals surface area contributed by atoms with E-state index in [2.05, 4.69) is 57.9 Å². The van der Waals surface area contributed by atoms with Gasteiger partial charge in [0.05, 0.1) is 12.5 Å². The number of hydrogen-bond donors (Lipinski definition) is 0. The minimum absolute atomic E-state index is 0.426. The number of likely N-dealkylation sites (tertiary alicyclic amines) is 1. The van der Waals surface area contributed by atoms with Crippen molar-refractivity contribution in [3.63, 3.8) is 0 Å². The van der Waals surface area contributed by atoms with E-state index in [1.807, 2.05) is 12.5 Å². The molecule has 0 bridgehead atoms. The van der Waals surface area contributed by atoms with Gasteiger partial charge in [-0.1, -0.05) is 30.3 Å². The van der Waals surface area contributed by atoms with Gasteiger partial charge in [-0.2, -0.15) is 0 Å². The van der Waals surface area contributed by atoms with Gasteiger partial charge in [-0.25, -0.2) is 4.98 Å². The van der Waals surface area contributed by atoms with Gasteiger partial charge < -0.3 is 4.57 Å². The molecule has 0 saturated carbocycles. The molecule has 1 saturated heterocycles. The van der Waals surface area contributed by atoms with E-state index in [1.54, 1.807) is 0 Å². The molecule has 20 heavy (non-hydrogen) atoms. The fourth-order valence-corrected chi connectivity index (χ4v) is 3.16. The first-order valence-electron chi connectivity index (χ1n) is 7.58. The van der Waals surface area contributed by atoms with E-state index >= 15 is 0 Å². The number of rotatable bonds is 4. The lowest BCUT2D eigenvalue weighted by Crippen LogP contribution is -2.38. The molecule has 1 atom stereocenters. The van der Waals surface area contributed by atoms with E-state index in [4.69, 9.17) is 0 Å². The number of aromatic nitrogens is 2. The van der Waals surface area contributed by atoms with Gasteiger partial charge in [-0.15, -0.1) is 0 Å². The fourth-order valence-electron chi connectivity index (χ4n) is 3.16. The van der Waals surface area contributed by atoms with Crippen LogP contribution in [0.2, 0.25) is 0 Å². The molecule has 0 amide bonds. The van der Waals surface area contributed by atoms with Crippen LogP contribution < -0.4 is 0 Å². The summed E-state index contributed by atoms with van der Waals surface area (Å²) in [6.45, 7) is 4.65. The van der Waals surface area contributed by atoms with Crippen molar-refractivity contribution in [3.05, 3.63) is 54.6 Å². The Kier molecular flexibility index (Phi) is 4.16. The molecular weight excluding hydrogens is 246 g/mol. The fraction of sp³-hybridized carbons (Fsp3) is 0.471. The monoisotopic (exact) mass is 269 g/mol. The zero-order valence-electron chi connectivity index (χ0n) is 12.2. The summed E-state index contributed by atoms with van der Waals surface area (Å²) in [6, 6.07) is 10.9. The van der Waals surface area contributed by atoms with Gasteiger partial charge in [0.2, 0.25) is 0 Å². The smallest absolute Gasteiger partial charge is 0.0959 e. The maximum atomic E-state index is 4.15. The summed E-state index contributed by atoms with van der Waals surface area (Å²) in [5, 5.41) is 0. The van der Waals surface area contributed by atoms with Crippen molar-refractivity contribution in [2.75, 3.05) is 13.1 Å². The Bertz CT molecular complexity index is 498. The third-order valence-electron chi connectivity index (χ3n) is 4.50. The molecule has 1 aromatic heterocycles. The Balaban J connectivity index is 1.52. The first-order chi connectivity index (χ1) is 9.83. The second kappa shape index (κ2) is 6.23. The summed E-state index contributed by atoms with van der Waals surface area (Å²) < 4.78 is 2.19. The van der Waals surface area contributed by atoms with Gasteiger partial charge in [0.25, 0.3) is 0 Å². The van der Waals surface area contributed by atoms with Crippen LogP contribution >= 0.6 is 0 Å². The molecule has 3 nitrogen and oxygen atoms in total. The molecule has 2 aromatic rings. The Morgan fingerprint density at radius 1 is 1.20 bits per heavy atom. The van der Waals surface area contributed by atoms with E-state index < -0.39 is 0 Å². The highest BCUT2D eigenvalue weighted by atomic mass is 15.3. The van der Waals surface area contributed by atoms with E-state index in [-0.39, 0.29) is 0 Å². The van der Waals surface area contributed by atoms with Crippen LogP contribution in [0.4, 0.5) is 0 Å². The van der Waals surface area contributed by atoms with Gasteiger partial charge >= 0.3 is 0 Å². The minimum atomic E-state index is 0.426. The molecule has 1 aliphatic rings. The van der Waals surface area contributed by atoms with Crippen LogP contribution in [0.25, 0.3) is 0 Å². The molecule has 0 radical (unpaired) electrons. The van der Waals surface area contributed by atoms with Gasteiger partial charge in [-0.3, -0.25) is 4.90 Å². The van der Waals surface area contributed by atoms with E-state index in [0.717, 1.165) is 5.92 Å². The number of imidazole rings is 1. The molecule has 106 valence electrons. The maximum Gasteiger partial charge on any atom is 0.0959 e. The predicted octanol–water partition coefficient (Wildman–Crippen LogP) is 3.36. The molecule has 1 unspecified atom stereocenters. The molecule has 1 aliphatic heterocycles. The Labute approximate surface area is 121 Å². The highest BCUT2D eigenvalue weighted by molar-refractivity contribution is 5.15. The van der Waals surface area contributed by atoms with Gasteiger partial charge in [0.1, 0.15) is 0 Å². The van der Waals surface area contributed by atoms with Crippen molar-refractivity contribution in [1.29, 1.82) is 0 Å². The van der Waals surface area contributed by atoms with Crippen LogP contribution in [0.3, 0.4) is 0 Å². The summed E-state index contributed by atoms with van der Waals surface area (Å²) in [5.41, 5.74) is 1.48. The third-order valence-corrected chi connectivity index (χ3v) is 4.50. The number of hydrogen-bond acceptors (Lipinski definition) is 2. The summed E-state index contributed by atoms with van der Waals surface area (Å²) in [7, 11) is 0. The topological polar surface area (TPSA) is 21.1 Å². The zero-order chi connectivity index (χ0) is 13.8. The average Bonchev–Trinajstić information content (AvgIpc) is 3.03. The van der Waals surface area contributed by atoms with Crippen LogP contribution in [-0.2, 0) is 6.42 Å². The highest BCUT2D eigenvalue weighted by Gasteiger charge is 2.23. The van der Waals surface area contributed by atoms with Gasteiger partial charge in [-0.05, 0) is 37.7 Å². The molecule has 1 aromatic carbocycles. The maximum absolute atomic E-state index is 4.15. The number of piperidine rings is 1. The largest absolute Gasteiger partial charge is 0.322 e. The Hall–Kier alpha value is -1.61. The van der Waals surface area contributed by atoms with Crippen molar-refractivity contribution in [2.24, 2.45) is 5.92 Å². The quantitative estimate of drug-likeness (QED) is 0.848. The molecule has 0 aliphatic carbocycles. The normalized spacial score (nSPS) is 19.1. The van der Waals surface area contributed by atoms with Crippen molar-refractivity contribution in [1.82, 2.24) is 14.5 Å². The second-order valence-corrected chi connectivity index (χ2v) is 5.81. The minimum Gasteiger partial charge on any atom is -0.322 e. The molecule has 0 spiro atoms. The van der Waals surface area contributed by atoms with Crippen LogP contribution in [0.1, 0.15) is 31.5 Å². The summed E-state index contributed by atoms with van der Waals surface area (Å²) in [6.07, 6.45) is 10.1. The van der Waals surface area contributed by atoms with E-state index in [0.29, 0.717) is 6.17 Å². The van der Waals surface area contributed by atoms with Crippen molar-refractivity contribution < 1.29 is 0 Å². The lowest BCUT2D eigenvalue weighted by atomic mass is 9.90. The third kappa shape index (κ3) is 3.10. The Morgan fingerprint density at radius 2 is 1.95 bits per heavy atom. The zero-order valence-corrected chi connectivity index (χ0v) is 12.2. The molecular formula is C17H23N3. The second-order valence-electron chi connectivity index (χ2n) is 5.81. The van der Waals surface area contributed by atoms with Gasteiger partial charge in [0.15, 0.2) is 0 Å². The Morgan fingerprint density at radius 3 is 2.60 bits per heavy atom. The SMILES string of the molecule is CC(N1CCC(Cc2ccccc2)CC1)n1ccnc1. The van der Waals surface area contributed by atoms with Crippen molar-refractivity contribution in [3.8, 4) is 0 Å². The van der Waals surface area contributed by atoms with E-state index in [1.165, 1.54) is 37.9 Å². The van der Waals surface area contributed by atoms with E-state index in [9.17, 15) is 0 Å². The number of nitrogens with zero attached hydrogens (tertiary/aromatic N) is 3. The van der Waals surface area contributed by atoms with Crippen LogP contribution in [0.5, 0.6) is 0 Å². The highest BCUT2D eigenvalue weighted by Crippen LogP contribution is 2.25. The lowest BCUT2D eigenvalue weighted by molar-refractivity contribution is 0.102.